The van der Waals surface area contributed by atoms with Gasteiger partial charge in [0.15, 0.2) is 11.4 Å². The molecule has 0 spiro atoms. The molecule has 0 aliphatic heterocycles. The van der Waals surface area contributed by atoms with E-state index in [1.54, 1.807) is 31.2 Å². The molecule has 34 heavy (non-hydrogen) atoms. The first-order valence-electron chi connectivity index (χ1n) is 9.67. The molecule has 0 bridgehead atoms. The Morgan fingerprint density at radius 3 is 2.79 bits per heavy atom. The Hall–Kier alpha value is -4.78. The van der Waals surface area contributed by atoms with Crippen LogP contribution < -0.4 is 10.9 Å². The standard InChI is InChI=1S/C20H13ClN8O5/c1-10-7-15(23-19(31)14-5-6-16(34-14)29(32)33)28(26-10)20-24-17-13(18(30)25-20)9-22-27(17)12-4-2-3-11(21)8-12/h2-9H,1H3,(H,23,31)(H,24,25,30). The summed E-state index contributed by atoms with van der Waals surface area (Å²) in [5.74, 6) is -1.43. The second-order valence-corrected chi connectivity index (χ2v) is 7.53. The van der Waals surface area contributed by atoms with Crippen LogP contribution in [0.15, 0.2) is 57.9 Å². The molecule has 5 aromatic rings. The fourth-order valence-corrected chi connectivity index (χ4v) is 3.46. The number of aromatic nitrogens is 6. The van der Waals surface area contributed by atoms with Crippen molar-refractivity contribution >= 4 is 40.2 Å². The number of carbonyl (C=O) groups excluding carboxylic acids is 1. The first-order valence-corrected chi connectivity index (χ1v) is 10.0. The van der Waals surface area contributed by atoms with Crippen molar-refractivity contribution in [3.05, 3.63) is 85.6 Å². The number of aryl methyl sites for hydroxylation is 1. The summed E-state index contributed by atoms with van der Waals surface area (Å²) >= 11 is 6.08. The van der Waals surface area contributed by atoms with Crippen LogP contribution in [0.5, 0.6) is 0 Å². The monoisotopic (exact) mass is 480 g/mol. The molecule has 2 N–H and O–H groups in total. The van der Waals surface area contributed by atoms with E-state index in [-0.39, 0.29) is 28.6 Å². The summed E-state index contributed by atoms with van der Waals surface area (Å²) in [6.07, 6.45) is 1.38. The molecule has 1 aromatic carbocycles. The number of nitrogens with zero attached hydrogens (tertiary/aromatic N) is 6. The molecular formula is C20H13ClN8O5. The molecule has 1 amide bonds. The zero-order valence-electron chi connectivity index (χ0n) is 17.2. The van der Waals surface area contributed by atoms with Crippen molar-refractivity contribution in [2.75, 3.05) is 5.32 Å². The van der Waals surface area contributed by atoms with Gasteiger partial charge in [0.1, 0.15) is 16.1 Å². The third-order valence-electron chi connectivity index (χ3n) is 4.75. The average molecular weight is 481 g/mol. The SMILES string of the molecule is Cc1cc(NC(=O)c2ccc([N+](=O)[O-])o2)n(-c2nc3c(cnn3-c3cccc(Cl)c3)c(=O)[nH]2)n1. The summed E-state index contributed by atoms with van der Waals surface area (Å²) in [4.78, 5) is 42.5. The molecule has 4 aromatic heterocycles. The summed E-state index contributed by atoms with van der Waals surface area (Å²) < 4.78 is 7.61. The van der Waals surface area contributed by atoms with Gasteiger partial charge in [0, 0.05) is 11.1 Å². The highest BCUT2D eigenvalue weighted by Crippen LogP contribution is 2.21. The molecule has 4 heterocycles. The van der Waals surface area contributed by atoms with E-state index in [0.717, 1.165) is 6.07 Å². The number of hydrogen-bond acceptors (Lipinski definition) is 8. The number of carbonyl (C=O) groups is 1. The van der Waals surface area contributed by atoms with Crippen LogP contribution in [0.3, 0.4) is 0 Å². The highest BCUT2D eigenvalue weighted by molar-refractivity contribution is 6.30. The van der Waals surface area contributed by atoms with Crippen LogP contribution in [-0.2, 0) is 0 Å². The molecule has 14 heteroatoms. The minimum absolute atomic E-state index is 0.00936. The number of anilines is 1. The lowest BCUT2D eigenvalue weighted by Gasteiger charge is -2.08. The van der Waals surface area contributed by atoms with E-state index >= 15 is 0 Å². The number of halogens is 1. The van der Waals surface area contributed by atoms with E-state index in [4.69, 9.17) is 16.0 Å². The number of fused-ring (bicyclic) bond motifs is 1. The Labute approximate surface area is 193 Å². The molecule has 13 nitrogen and oxygen atoms in total. The lowest BCUT2D eigenvalue weighted by molar-refractivity contribution is -0.402. The minimum atomic E-state index is -0.752. The molecular weight excluding hydrogens is 468 g/mol. The second-order valence-electron chi connectivity index (χ2n) is 7.09. The summed E-state index contributed by atoms with van der Waals surface area (Å²) in [7, 11) is 0. The Bertz CT molecular complexity index is 1650. The molecule has 0 unspecified atom stereocenters. The van der Waals surface area contributed by atoms with Crippen LogP contribution in [-0.4, -0.2) is 40.4 Å². The van der Waals surface area contributed by atoms with Gasteiger partial charge in [-0.2, -0.15) is 19.9 Å². The van der Waals surface area contributed by atoms with Crippen LogP contribution >= 0.6 is 11.6 Å². The normalized spacial score (nSPS) is 11.1. The van der Waals surface area contributed by atoms with Gasteiger partial charge in [-0.3, -0.25) is 24.7 Å². The van der Waals surface area contributed by atoms with E-state index < -0.39 is 22.3 Å². The first kappa shape index (κ1) is 21.1. The molecule has 0 saturated heterocycles. The van der Waals surface area contributed by atoms with E-state index in [1.165, 1.54) is 27.7 Å². The zero-order chi connectivity index (χ0) is 24.0. The fraction of sp³-hybridized carbons (Fsp3) is 0.0500. The van der Waals surface area contributed by atoms with Gasteiger partial charge in [-0.25, -0.2) is 4.68 Å². The lowest BCUT2D eigenvalue weighted by atomic mass is 10.3. The molecule has 0 radical (unpaired) electrons. The molecule has 0 saturated carbocycles. The first-order chi connectivity index (χ1) is 16.3. The molecule has 0 fully saturated rings. The van der Waals surface area contributed by atoms with Crippen molar-refractivity contribution in [3.63, 3.8) is 0 Å². The number of aromatic amines is 1. The van der Waals surface area contributed by atoms with Gasteiger partial charge in [-0.15, -0.1) is 0 Å². The van der Waals surface area contributed by atoms with Crippen LogP contribution in [0, 0.1) is 17.0 Å². The van der Waals surface area contributed by atoms with Gasteiger partial charge < -0.3 is 9.73 Å². The summed E-state index contributed by atoms with van der Waals surface area (Å²) in [5.41, 5.74) is 0.872. The highest BCUT2D eigenvalue weighted by Gasteiger charge is 2.21. The Morgan fingerprint density at radius 1 is 1.24 bits per heavy atom. The van der Waals surface area contributed by atoms with E-state index in [2.05, 4.69) is 25.5 Å². The molecule has 0 atom stereocenters. The van der Waals surface area contributed by atoms with Crippen molar-refractivity contribution < 1.29 is 14.1 Å². The third kappa shape index (κ3) is 3.69. The average Bonchev–Trinajstić information content (AvgIpc) is 3.52. The summed E-state index contributed by atoms with van der Waals surface area (Å²) in [5, 5.41) is 22.6. The van der Waals surface area contributed by atoms with Crippen LogP contribution in [0.4, 0.5) is 11.7 Å². The Balaban J connectivity index is 1.56. The van der Waals surface area contributed by atoms with Crippen molar-refractivity contribution in [2.24, 2.45) is 0 Å². The minimum Gasteiger partial charge on any atom is -0.395 e. The lowest BCUT2D eigenvalue weighted by Crippen LogP contribution is -2.19. The van der Waals surface area contributed by atoms with Gasteiger partial charge in [0.25, 0.3) is 11.5 Å². The fourth-order valence-electron chi connectivity index (χ4n) is 3.28. The predicted octanol–water partition coefficient (Wildman–Crippen LogP) is 3.01. The van der Waals surface area contributed by atoms with Gasteiger partial charge in [-0.05, 0) is 31.2 Å². The number of hydrogen-bond donors (Lipinski definition) is 2. The summed E-state index contributed by atoms with van der Waals surface area (Å²) in [6.45, 7) is 1.68. The van der Waals surface area contributed by atoms with Gasteiger partial charge in [0.05, 0.1) is 23.6 Å². The zero-order valence-corrected chi connectivity index (χ0v) is 18.0. The molecule has 0 aliphatic rings. The largest absolute Gasteiger partial charge is 0.433 e. The number of amides is 1. The number of rotatable bonds is 5. The Morgan fingerprint density at radius 2 is 2.06 bits per heavy atom. The van der Waals surface area contributed by atoms with Crippen LogP contribution in [0.2, 0.25) is 5.02 Å². The second kappa shape index (κ2) is 7.97. The smallest absolute Gasteiger partial charge is 0.395 e. The third-order valence-corrected chi connectivity index (χ3v) is 4.98. The van der Waals surface area contributed by atoms with Gasteiger partial charge in [-0.1, -0.05) is 17.7 Å². The van der Waals surface area contributed by atoms with E-state index in [0.29, 0.717) is 16.4 Å². The quantitative estimate of drug-likeness (QED) is 0.286. The van der Waals surface area contributed by atoms with Gasteiger partial charge >= 0.3 is 5.88 Å². The maximum absolute atomic E-state index is 12.7. The number of H-pyrrole nitrogens is 1. The number of furan rings is 1. The van der Waals surface area contributed by atoms with Crippen molar-refractivity contribution in [1.82, 2.24) is 29.5 Å². The number of benzene rings is 1. The van der Waals surface area contributed by atoms with E-state index in [1.807, 2.05) is 0 Å². The van der Waals surface area contributed by atoms with Crippen molar-refractivity contribution in [3.8, 4) is 11.6 Å². The topological polar surface area (TPSA) is 167 Å². The maximum Gasteiger partial charge on any atom is 0.433 e. The van der Waals surface area contributed by atoms with Crippen molar-refractivity contribution in [2.45, 2.75) is 6.92 Å². The number of nitrogens with one attached hydrogen (secondary N) is 2. The van der Waals surface area contributed by atoms with E-state index in [9.17, 15) is 19.7 Å². The van der Waals surface area contributed by atoms with Crippen LogP contribution in [0.25, 0.3) is 22.7 Å². The van der Waals surface area contributed by atoms with Crippen molar-refractivity contribution in [1.29, 1.82) is 0 Å². The Kier molecular flexibility index (Phi) is 4.94. The predicted molar refractivity (Wildman–Crippen MR) is 120 cm³/mol. The maximum atomic E-state index is 12.7. The van der Waals surface area contributed by atoms with Crippen LogP contribution in [0.1, 0.15) is 16.2 Å². The van der Waals surface area contributed by atoms with Gasteiger partial charge in [0.2, 0.25) is 5.95 Å². The molecule has 0 aliphatic carbocycles. The highest BCUT2D eigenvalue weighted by atomic mass is 35.5. The summed E-state index contributed by atoms with van der Waals surface area (Å²) in [6, 6.07) is 10.7. The number of nitro groups is 1. The molecule has 5 rings (SSSR count). The molecule has 170 valence electrons.